The van der Waals surface area contributed by atoms with Gasteiger partial charge in [-0.1, -0.05) is 0 Å². The van der Waals surface area contributed by atoms with Crippen molar-refractivity contribution in [3.63, 3.8) is 0 Å². The van der Waals surface area contributed by atoms with Crippen LogP contribution < -0.4 is 0 Å². The van der Waals surface area contributed by atoms with Crippen molar-refractivity contribution in [1.82, 2.24) is 0 Å². The van der Waals surface area contributed by atoms with E-state index >= 15 is 0 Å². The topological polar surface area (TPSA) is 639 Å². The van der Waals surface area contributed by atoms with E-state index in [1.165, 1.54) is 0 Å². The van der Waals surface area contributed by atoms with Gasteiger partial charge in [-0.2, -0.15) is 0 Å². The first-order chi connectivity index (χ1) is 56.2. The molecule has 0 radical (unpaired) electrons. The molecule has 21 aliphatic heterocycles. The Labute approximate surface area is 675 Å². The lowest BCUT2D eigenvalue weighted by Crippen LogP contribution is -2.70. The van der Waals surface area contributed by atoms with Gasteiger partial charge in [-0.3, -0.25) is 67.1 Å². The first-order valence-electron chi connectivity index (χ1n) is 37.0. The van der Waals surface area contributed by atoms with Gasteiger partial charge in [-0.05, 0) is 0 Å². The predicted molar refractivity (Wildman–Crippen MR) is 362 cm³/mol. The number of aliphatic hydroxyl groups excluding tert-OH is 7. The van der Waals surface area contributed by atoms with Gasteiger partial charge in [-0.25, -0.2) is 0 Å². The normalized spacial score (nSPS) is 39.1. The maximum Gasteiger partial charge on any atom is 0.303 e. The largest absolute Gasteiger partial charge is 0.455 e. The van der Waals surface area contributed by atoms with E-state index in [4.69, 9.17) is 133 Å². The Hall–Kier alpha value is -8.26. The zero-order valence-electron chi connectivity index (χ0n) is 66.4. The highest BCUT2D eigenvalue weighted by atomic mass is 16.8. The minimum Gasteiger partial charge on any atom is -0.455 e. The van der Waals surface area contributed by atoms with Crippen LogP contribution in [0.25, 0.3) is 0 Å². The fourth-order valence-corrected chi connectivity index (χ4v) is 14.7. The molecule has 0 saturated carbocycles. The van der Waals surface area contributed by atoms with Crippen molar-refractivity contribution in [3.05, 3.63) is 0 Å². The summed E-state index contributed by atoms with van der Waals surface area (Å²) in [5.74, 6) is -17.3. The summed E-state index contributed by atoms with van der Waals surface area (Å²) in [6.07, 6.45) is -76.7. The fourth-order valence-electron chi connectivity index (χ4n) is 14.7. The first kappa shape index (κ1) is 96.2. The number of hydrogen-bond acceptors (Lipinski definition) is 49. The Bertz CT molecular complexity index is 2930. The maximum atomic E-state index is 13.5. The van der Waals surface area contributed by atoms with Crippen molar-refractivity contribution >= 4 is 83.6 Å². The molecule has 21 aliphatic rings. The van der Waals surface area contributed by atoms with Crippen molar-refractivity contribution in [2.45, 2.75) is 312 Å². The molecular formula is C70H98O49. The summed E-state index contributed by atoms with van der Waals surface area (Å²) in [5.41, 5.74) is 0. The number of carbonyl (C=O) groups is 14. The monoisotopic (exact) mass is 1720 g/mol. The lowest BCUT2D eigenvalue weighted by Gasteiger charge is -2.51. The van der Waals surface area contributed by atoms with E-state index in [0.717, 1.165) is 96.9 Å². The molecule has 0 unspecified atom stereocenters. The fraction of sp³-hybridized carbons (Fsp3) is 0.800. The average Bonchev–Trinajstić information content (AvgIpc) is 0.806. The van der Waals surface area contributed by atoms with Gasteiger partial charge in [0.15, 0.2) is 129 Å². The highest BCUT2D eigenvalue weighted by Gasteiger charge is 2.65. The summed E-state index contributed by atoms with van der Waals surface area (Å²) in [5, 5.41) is 79.7. The second-order valence-corrected chi connectivity index (χ2v) is 27.8. The van der Waals surface area contributed by atoms with E-state index in [9.17, 15) is 103 Å². The predicted octanol–water partition coefficient (Wildman–Crippen LogP) is -7.24. The van der Waals surface area contributed by atoms with E-state index < -0.39 is 345 Å². The van der Waals surface area contributed by atoms with Gasteiger partial charge in [0.25, 0.3) is 0 Å². The molecule has 49 nitrogen and oxygen atoms in total. The third kappa shape index (κ3) is 24.1. The third-order valence-electron chi connectivity index (χ3n) is 18.7. The Balaban J connectivity index is 1.39. The van der Waals surface area contributed by atoms with Crippen molar-refractivity contribution < 1.29 is 236 Å². The van der Waals surface area contributed by atoms with Crippen LogP contribution >= 0.6 is 0 Å². The van der Waals surface area contributed by atoms with Crippen LogP contribution in [0.5, 0.6) is 0 Å². The smallest absolute Gasteiger partial charge is 0.303 e. The van der Waals surface area contributed by atoms with E-state index in [2.05, 4.69) is 0 Å². The number of esters is 14. The van der Waals surface area contributed by atoms with E-state index in [-0.39, 0.29) is 0 Å². The molecule has 0 aromatic heterocycles. The number of hydrogen-bond donors (Lipinski definition) is 7. The number of rotatable bonds is 21. The molecule has 21 rings (SSSR count). The third-order valence-corrected chi connectivity index (χ3v) is 18.7. The number of aliphatic hydroxyl groups is 7. The van der Waals surface area contributed by atoms with Gasteiger partial charge in [0, 0.05) is 96.9 Å². The van der Waals surface area contributed by atoms with Crippen molar-refractivity contribution in [2.75, 3.05) is 46.2 Å². The van der Waals surface area contributed by atoms with E-state index in [1.807, 2.05) is 0 Å². The van der Waals surface area contributed by atoms with Crippen LogP contribution in [0.15, 0.2) is 0 Å². The summed E-state index contributed by atoms with van der Waals surface area (Å²) < 4.78 is 170. The number of ether oxygens (including phenoxy) is 28. The van der Waals surface area contributed by atoms with Gasteiger partial charge < -0.3 is 168 Å². The van der Waals surface area contributed by atoms with Crippen LogP contribution in [-0.4, -0.2) is 381 Å². The molecule has 21 saturated heterocycles. The van der Waals surface area contributed by atoms with Crippen LogP contribution in [0, 0.1) is 0 Å². The minimum atomic E-state index is -2.32. The summed E-state index contributed by atoms with van der Waals surface area (Å²) in [6.45, 7) is 2.68. The second kappa shape index (κ2) is 43.0. The lowest BCUT2D eigenvalue weighted by molar-refractivity contribution is -0.396. The van der Waals surface area contributed by atoms with Gasteiger partial charge in [0.1, 0.15) is 85.5 Å². The highest BCUT2D eigenvalue weighted by molar-refractivity contribution is 5.72. The summed E-state index contributed by atoms with van der Waals surface area (Å²) in [7, 11) is 0. The molecule has 0 amide bonds. The molecule has 0 aliphatic carbocycles. The molecule has 0 aromatic rings. The zero-order valence-corrected chi connectivity index (χ0v) is 66.4. The Kier molecular flexibility index (Phi) is 34.8. The SMILES string of the molecule is CC(=O)O[C@@H]1[C@@H](OC(C)=O)[C@H]2O[C@H]3[C@H](OC(C)=O)[C@@H](OC(C)=O)[C@@H](O[C@H]4[C@H](OC(C)=O)[C@@H](OC(C)=O)[C@@H](O[C@H]5[C@H](OC(C)=O)[C@@H](OC(C)=O)[C@@H](O[C@H]6[C@H](OC(C)=O)[C@@H](OC(C)=O)[C@@H](O[C@H]7[C@H](OC(C)=O)[C@@H](OC(C)=O)[C@@H](O[C@H]8[C@H](OC(C)=O)[C@@H](OC(C)=O)[C@@H](O[C@@H]1[C@@H](CO)O2)O[C@@H]8CO)O[C@@H]7CO)O[C@@H]6CO)O[C@@H]5CO)O[C@@H]4CO)O[C@@H]3CO. The first-order valence-corrected chi connectivity index (χ1v) is 37.0. The van der Waals surface area contributed by atoms with Crippen molar-refractivity contribution in [2.24, 2.45) is 0 Å². The molecule has 7 N–H and O–H groups in total. The second-order valence-electron chi connectivity index (χ2n) is 27.8. The standard InChI is InChI=1S/C70H98O49/c1-22(78)92-50-43-36(15-71)106-64(57(50)99-29(8)85)114-44-37(16-72)108-66(59(101-31(10)87)51(44)93-23(2)79)116-46-39(18-74)110-68(61(103-33(12)89)53(46)95-25(4)81)118-48-41(20-76)112-70(63(105-35(14)91)55(48)97-27(6)83)119-49-42(21-77)111-69(62(104-34(13)90)56(49)98-28(7)84)117-47-40(19-75)109-67(60(102-32(11)88)54(47)96-26(5)82)115-45-38(17-73)107-65(113-43)58(100-30(9)86)52(45)94-24(3)80/h36-77H,15-21H2,1-14H3/t36-,37-,38-,39-,40-,41-,42-,43-,44-,45-,46-,47-,48-,49-,50+,51+,52+,53+,54+,55+,56+,57-,58-,59-,60-,61-,62-,63-,64-,65-,66-,67-,68-,69-,70-/m1/s1. The highest BCUT2D eigenvalue weighted by Crippen LogP contribution is 2.44. The maximum absolute atomic E-state index is 13.5. The van der Waals surface area contributed by atoms with E-state index in [1.54, 1.807) is 0 Å². The molecule has 35 atom stereocenters. The summed E-state index contributed by atoms with van der Waals surface area (Å²) >= 11 is 0. The van der Waals surface area contributed by atoms with Crippen LogP contribution in [0.2, 0.25) is 0 Å². The molecule has 49 heteroatoms. The molecule has 0 aromatic carbocycles. The number of carbonyl (C=O) groups excluding carboxylic acids is 14. The Morgan fingerprint density at radius 3 is 0.319 bits per heavy atom. The zero-order chi connectivity index (χ0) is 88.0. The molecule has 672 valence electrons. The Morgan fingerprint density at radius 1 is 0.160 bits per heavy atom. The minimum absolute atomic E-state index is 0.827. The van der Waals surface area contributed by atoms with Crippen LogP contribution in [0.3, 0.4) is 0 Å². The molecule has 21 fully saturated rings. The van der Waals surface area contributed by atoms with Crippen molar-refractivity contribution in [3.8, 4) is 0 Å². The Morgan fingerprint density at radius 2 is 0.244 bits per heavy atom. The molecule has 21 heterocycles. The molecule has 0 spiro atoms. The molecule has 14 bridgehead atoms. The quantitative estimate of drug-likeness (QED) is 0.0415. The van der Waals surface area contributed by atoms with Gasteiger partial charge >= 0.3 is 83.6 Å². The van der Waals surface area contributed by atoms with Gasteiger partial charge in [0.2, 0.25) is 0 Å². The van der Waals surface area contributed by atoms with E-state index in [0.29, 0.717) is 0 Å². The average molecular weight is 1720 g/mol. The van der Waals surface area contributed by atoms with Gasteiger partial charge in [0.05, 0.1) is 46.2 Å². The van der Waals surface area contributed by atoms with Crippen molar-refractivity contribution in [1.29, 1.82) is 0 Å². The van der Waals surface area contributed by atoms with Gasteiger partial charge in [-0.15, -0.1) is 0 Å². The van der Waals surface area contributed by atoms with Crippen LogP contribution in [0.4, 0.5) is 0 Å². The summed E-state index contributed by atoms with van der Waals surface area (Å²) in [4.78, 5) is 189. The molecular weight excluding hydrogens is 1620 g/mol. The lowest BCUT2D eigenvalue weighted by atomic mass is 9.94. The summed E-state index contributed by atoms with van der Waals surface area (Å²) in [6, 6.07) is 0. The van der Waals surface area contributed by atoms with Crippen LogP contribution in [-0.2, 0) is 200 Å². The van der Waals surface area contributed by atoms with Crippen LogP contribution in [0.1, 0.15) is 96.9 Å². The molecule has 119 heavy (non-hydrogen) atoms.